The normalized spacial score (nSPS) is 27.6. The maximum atomic E-state index is 9.15. The summed E-state index contributed by atoms with van der Waals surface area (Å²) in [6.07, 6.45) is 8.04. The zero-order chi connectivity index (χ0) is 11.7. The number of piperidine rings is 1. The predicted molar refractivity (Wildman–Crippen MR) is 64.5 cm³/mol. The van der Waals surface area contributed by atoms with E-state index < -0.39 is 0 Å². The Hall–Kier alpha value is -1.63. The summed E-state index contributed by atoms with van der Waals surface area (Å²) in [6.45, 7) is 1.02. The molecule has 1 saturated carbocycles. The molecule has 4 heteroatoms. The van der Waals surface area contributed by atoms with Gasteiger partial charge in [-0.25, -0.2) is 0 Å². The molecular weight excluding hydrogens is 212 g/mol. The third kappa shape index (κ3) is 1.76. The van der Waals surface area contributed by atoms with Crippen LogP contribution in [0.2, 0.25) is 0 Å². The van der Waals surface area contributed by atoms with Gasteiger partial charge in [0, 0.05) is 12.6 Å². The van der Waals surface area contributed by atoms with E-state index in [9.17, 15) is 0 Å². The molecular formula is C13H16N4. The molecule has 1 aromatic heterocycles. The fourth-order valence-corrected chi connectivity index (χ4v) is 3.34. The predicted octanol–water partition coefficient (Wildman–Crippen LogP) is 2.12. The summed E-state index contributed by atoms with van der Waals surface area (Å²) >= 11 is 0. The molecule has 2 atom stereocenters. The van der Waals surface area contributed by atoms with E-state index >= 15 is 0 Å². The molecule has 2 unspecified atom stereocenters. The van der Waals surface area contributed by atoms with Crippen molar-refractivity contribution in [3.63, 3.8) is 0 Å². The van der Waals surface area contributed by atoms with Crippen molar-refractivity contribution in [2.45, 2.75) is 38.1 Å². The third-order valence-electron chi connectivity index (χ3n) is 4.09. The first-order chi connectivity index (χ1) is 8.40. The molecule has 4 nitrogen and oxygen atoms in total. The standard InChI is InChI=1S/C13H16N4/c14-9-11-6-7-15-16-13(11)17-8-2-4-10-3-1-5-12(10)17/h6-7,10,12H,1-5,8H2. The highest BCUT2D eigenvalue weighted by atomic mass is 15.3. The molecule has 2 aliphatic rings. The highest BCUT2D eigenvalue weighted by Gasteiger charge is 2.36. The Kier molecular flexibility index (Phi) is 2.68. The molecule has 1 aliphatic heterocycles. The number of hydrogen-bond donors (Lipinski definition) is 0. The van der Waals surface area contributed by atoms with Gasteiger partial charge in [0.2, 0.25) is 0 Å². The number of rotatable bonds is 1. The van der Waals surface area contributed by atoms with E-state index in [2.05, 4.69) is 21.2 Å². The Morgan fingerprint density at radius 1 is 1.29 bits per heavy atom. The summed E-state index contributed by atoms with van der Waals surface area (Å²) in [5.41, 5.74) is 0.660. The van der Waals surface area contributed by atoms with Crippen LogP contribution >= 0.6 is 0 Å². The average molecular weight is 228 g/mol. The minimum absolute atomic E-state index is 0.590. The van der Waals surface area contributed by atoms with Crippen LogP contribution in [0.3, 0.4) is 0 Å². The smallest absolute Gasteiger partial charge is 0.169 e. The van der Waals surface area contributed by atoms with Crippen LogP contribution in [0.25, 0.3) is 0 Å². The van der Waals surface area contributed by atoms with Gasteiger partial charge in [0.25, 0.3) is 0 Å². The molecule has 0 amide bonds. The van der Waals surface area contributed by atoms with E-state index in [0.717, 1.165) is 18.3 Å². The SMILES string of the molecule is N#Cc1ccnnc1N1CCCC2CCCC21. The zero-order valence-electron chi connectivity index (χ0n) is 9.84. The Morgan fingerprint density at radius 2 is 2.18 bits per heavy atom. The molecule has 2 fully saturated rings. The van der Waals surface area contributed by atoms with Crippen LogP contribution in [-0.4, -0.2) is 22.8 Å². The summed E-state index contributed by atoms with van der Waals surface area (Å²) in [5, 5.41) is 17.3. The second-order valence-electron chi connectivity index (χ2n) is 4.97. The monoisotopic (exact) mass is 228 g/mol. The molecule has 1 saturated heterocycles. The maximum Gasteiger partial charge on any atom is 0.169 e. The summed E-state index contributed by atoms with van der Waals surface area (Å²) in [6, 6.07) is 4.58. The number of aromatic nitrogens is 2. The topological polar surface area (TPSA) is 52.8 Å². The molecule has 2 heterocycles. The number of nitriles is 1. The van der Waals surface area contributed by atoms with E-state index in [1.807, 2.05) is 0 Å². The van der Waals surface area contributed by atoms with Crippen molar-refractivity contribution in [1.29, 1.82) is 5.26 Å². The fraction of sp³-hybridized carbons (Fsp3) is 0.615. The van der Waals surface area contributed by atoms with Crippen molar-refractivity contribution < 1.29 is 0 Å². The quantitative estimate of drug-likeness (QED) is 0.738. The van der Waals surface area contributed by atoms with Crippen LogP contribution in [0.5, 0.6) is 0 Å². The van der Waals surface area contributed by atoms with Crippen molar-refractivity contribution in [1.82, 2.24) is 10.2 Å². The summed E-state index contributed by atoms with van der Waals surface area (Å²) in [4.78, 5) is 2.33. The first-order valence-electron chi connectivity index (χ1n) is 6.38. The average Bonchev–Trinajstić information content (AvgIpc) is 2.86. The Bertz CT molecular complexity index is 451. The van der Waals surface area contributed by atoms with Crippen molar-refractivity contribution >= 4 is 5.82 Å². The second kappa shape index (κ2) is 4.33. The van der Waals surface area contributed by atoms with Gasteiger partial charge >= 0.3 is 0 Å². The summed E-state index contributed by atoms with van der Waals surface area (Å²) in [7, 11) is 0. The third-order valence-corrected chi connectivity index (χ3v) is 4.09. The van der Waals surface area contributed by atoms with Crippen molar-refractivity contribution in [3.8, 4) is 6.07 Å². The second-order valence-corrected chi connectivity index (χ2v) is 4.97. The van der Waals surface area contributed by atoms with Crippen molar-refractivity contribution in [2.75, 3.05) is 11.4 Å². The lowest BCUT2D eigenvalue weighted by Gasteiger charge is -2.38. The fourth-order valence-electron chi connectivity index (χ4n) is 3.34. The van der Waals surface area contributed by atoms with Crippen LogP contribution in [0.15, 0.2) is 12.3 Å². The van der Waals surface area contributed by atoms with Gasteiger partial charge in [-0.2, -0.15) is 10.4 Å². The van der Waals surface area contributed by atoms with Gasteiger partial charge in [0.05, 0.1) is 11.8 Å². The van der Waals surface area contributed by atoms with E-state index in [1.165, 1.54) is 32.1 Å². The molecule has 88 valence electrons. The van der Waals surface area contributed by atoms with Crippen LogP contribution < -0.4 is 4.90 Å². The molecule has 17 heavy (non-hydrogen) atoms. The molecule has 1 aliphatic carbocycles. The Morgan fingerprint density at radius 3 is 3.06 bits per heavy atom. The van der Waals surface area contributed by atoms with Gasteiger partial charge in [-0.3, -0.25) is 0 Å². The molecule has 0 spiro atoms. The summed E-state index contributed by atoms with van der Waals surface area (Å²) < 4.78 is 0. The summed E-state index contributed by atoms with van der Waals surface area (Å²) in [5.74, 6) is 1.60. The first-order valence-corrected chi connectivity index (χ1v) is 6.38. The molecule has 0 aromatic carbocycles. The van der Waals surface area contributed by atoms with Crippen molar-refractivity contribution in [3.05, 3.63) is 17.8 Å². The molecule has 0 N–H and O–H groups in total. The number of anilines is 1. The minimum Gasteiger partial charge on any atom is -0.351 e. The minimum atomic E-state index is 0.590. The van der Waals surface area contributed by atoms with Gasteiger partial charge < -0.3 is 4.90 Å². The van der Waals surface area contributed by atoms with Gasteiger partial charge in [0.15, 0.2) is 5.82 Å². The van der Waals surface area contributed by atoms with Crippen LogP contribution in [0.4, 0.5) is 5.82 Å². The van der Waals surface area contributed by atoms with Gasteiger partial charge in [-0.1, -0.05) is 6.42 Å². The van der Waals surface area contributed by atoms with E-state index in [-0.39, 0.29) is 0 Å². The maximum absolute atomic E-state index is 9.15. The van der Waals surface area contributed by atoms with Crippen LogP contribution in [-0.2, 0) is 0 Å². The lowest BCUT2D eigenvalue weighted by molar-refractivity contribution is 0.360. The highest BCUT2D eigenvalue weighted by Crippen LogP contribution is 2.38. The Balaban J connectivity index is 1.95. The zero-order valence-corrected chi connectivity index (χ0v) is 9.84. The molecule has 3 rings (SSSR count). The van der Waals surface area contributed by atoms with E-state index in [1.54, 1.807) is 12.3 Å². The van der Waals surface area contributed by atoms with E-state index in [0.29, 0.717) is 11.6 Å². The first kappa shape index (κ1) is 10.5. The van der Waals surface area contributed by atoms with Gasteiger partial charge in [0.1, 0.15) is 6.07 Å². The van der Waals surface area contributed by atoms with Gasteiger partial charge in [-0.15, -0.1) is 5.10 Å². The number of fused-ring (bicyclic) bond motifs is 1. The van der Waals surface area contributed by atoms with Crippen molar-refractivity contribution in [2.24, 2.45) is 5.92 Å². The Labute approximate surface area is 101 Å². The lowest BCUT2D eigenvalue weighted by Crippen LogP contribution is -2.43. The largest absolute Gasteiger partial charge is 0.351 e. The van der Waals surface area contributed by atoms with Gasteiger partial charge in [-0.05, 0) is 37.7 Å². The van der Waals surface area contributed by atoms with Crippen LogP contribution in [0.1, 0.15) is 37.7 Å². The molecule has 0 bridgehead atoms. The lowest BCUT2D eigenvalue weighted by atomic mass is 9.92. The number of hydrogen-bond acceptors (Lipinski definition) is 4. The highest BCUT2D eigenvalue weighted by molar-refractivity contribution is 5.53. The number of nitrogens with zero attached hydrogens (tertiary/aromatic N) is 4. The molecule has 0 radical (unpaired) electrons. The molecule has 1 aromatic rings. The van der Waals surface area contributed by atoms with Crippen LogP contribution in [0, 0.1) is 17.2 Å². The van der Waals surface area contributed by atoms with E-state index in [4.69, 9.17) is 5.26 Å².